The van der Waals surface area contributed by atoms with Gasteiger partial charge >= 0.3 is 0 Å². The molecule has 3 fully saturated rings. The van der Waals surface area contributed by atoms with E-state index < -0.39 is 0 Å². The zero-order chi connectivity index (χ0) is 20.8. The van der Waals surface area contributed by atoms with Gasteiger partial charge in [-0.15, -0.1) is 35.3 Å². The first-order valence-corrected chi connectivity index (χ1v) is 13.0. The van der Waals surface area contributed by atoms with E-state index in [4.69, 9.17) is 4.99 Å². The number of aryl methyl sites for hydroxylation is 1. The van der Waals surface area contributed by atoms with E-state index in [9.17, 15) is 0 Å². The first-order chi connectivity index (χ1) is 14.7. The van der Waals surface area contributed by atoms with Crippen LogP contribution in [0.2, 0.25) is 0 Å². The number of hydrogen-bond acceptors (Lipinski definition) is 5. The van der Waals surface area contributed by atoms with E-state index in [1.165, 1.54) is 81.8 Å². The number of aromatic nitrogens is 1. The highest BCUT2D eigenvalue weighted by molar-refractivity contribution is 14.0. The van der Waals surface area contributed by atoms with Gasteiger partial charge in [0.1, 0.15) is 0 Å². The summed E-state index contributed by atoms with van der Waals surface area (Å²) in [6.07, 6.45) is 9.38. The van der Waals surface area contributed by atoms with Crippen LogP contribution in [-0.2, 0) is 6.54 Å². The third kappa shape index (κ3) is 7.54. The summed E-state index contributed by atoms with van der Waals surface area (Å²) >= 11 is 1.76. The number of nitrogens with zero attached hydrogens (tertiary/aromatic N) is 4. The minimum absolute atomic E-state index is 0. The first kappa shape index (κ1) is 25.2. The van der Waals surface area contributed by atoms with Gasteiger partial charge in [-0.25, -0.2) is 4.98 Å². The highest BCUT2D eigenvalue weighted by atomic mass is 127. The van der Waals surface area contributed by atoms with Gasteiger partial charge in [0.2, 0.25) is 0 Å². The van der Waals surface area contributed by atoms with Crippen LogP contribution in [0.4, 0.5) is 0 Å². The van der Waals surface area contributed by atoms with Crippen molar-refractivity contribution in [3.8, 4) is 0 Å². The molecule has 2 N–H and O–H groups in total. The Balaban J connectivity index is 0.00000272. The van der Waals surface area contributed by atoms with Crippen molar-refractivity contribution in [1.29, 1.82) is 0 Å². The molecule has 2 saturated heterocycles. The molecule has 3 heterocycles. The summed E-state index contributed by atoms with van der Waals surface area (Å²) in [5.74, 6) is 1.73. The molecule has 8 heteroatoms. The number of guanidine groups is 1. The minimum Gasteiger partial charge on any atom is -0.357 e. The summed E-state index contributed by atoms with van der Waals surface area (Å²) in [5, 5.41) is 10.6. The lowest BCUT2D eigenvalue weighted by Crippen LogP contribution is -2.45. The molecule has 1 aliphatic carbocycles. The van der Waals surface area contributed by atoms with Gasteiger partial charge in [0, 0.05) is 50.2 Å². The molecule has 2 aliphatic heterocycles. The van der Waals surface area contributed by atoms with Gasteiger partial charge in [0.05, 0.1) is 10.7 Å². The molecule has 0 spiro atoms. The molecule has 0 amide bonds. The van der Waals surface area contributed by atoms with E-state index in [1.54, 1.807) is 11.3 Å². The lowest BCUT2D eigenvalue weighted by Gasteiger charge is -2.31. The first-order valence-electron chi connectivity index (χ1n) is 12.1. The van der Waals surface area contributed by atoms with Crippen molar-refractivity contribution >= 4 is 41.3 Å². The summed E-state index contributed by atoms with van der Waals surface area (Å²) < 4.78 is 0. The average Bonchev–Trinajstić information content (AvgIpc) is 3.50. The van der Waals surface area contributed by atoms with Crippen LogP contribution in [0.15, 0.2) is 10.4 Å². The normalized spacial score (nSPS) is 24.5. The lowest BCUT2D eigenvalue weighted by molar-refractivity contribution is 0.179. The van der Waals surface area contributed by atoms with Gasteiger partial charge in [0.15, 0.2) is 5.96 Å². The molecule has 6 nitrogen and oxygen atoms in total. The predicted octanol–water partition coefficient (Wildman–Crippen LogP) is 3.85. The molecular formula is C23H41IN6S. The Bertz CT molecular complexity index is 681. The van der Waals surface area contributed by atoms with Crippen molar-refractivity contribution in [2.75, 3.05) is 39.3 Å². The van der Waals surface area contributed by atoms with Crippen LogP contribution in [0.25, 0.3) is 0 Å². The number of nitrogens with one attached hydrogen (secondary N) is 2. The summed E-state index contributed by atoms with van der Waals surface area (Å²) in [5.41, 5.74) is 1.23. The zero-order valence-corrected chi connectivity index (χ0v) is 22.5. The van der Waals surface area contributed by atoms with Crippen molar-refractivity contribution in [2.24, 2.45) is 10.9 Å². The fourth-order valence-electron chi connectivity index (χ4n) is 5.28. The van der Waals surface area contributed by atoms with Crippen LogP contribution in [-0.4, -0.2) is 72.1 Å². The Morgan fingerprint density at radius 1 is 1.16 bits per heavy atom. The summed E-state index contributed by atoms with van der Waals surface area (Å²) in [4.78, 5) is 14.9. The third-order valence-corrected chi connectivity index (χ3v) is 7.84. The molecule has 31 heavy (non-hydrogen) atoms. The molecule has 1 saturated carbocycles. The number of likely N-dealkylation sites (tertiary alicyclic amines) is 2. The molecule has 0 aromatic carbocycles. The van der Waals surface area contributed by atoms with Gasteiger partial charge < -0.3 is 10.6 Å². The van der Waals surface area contributed by atoms with Crippen molar-refractivity contribution in [3.05, 3.63) is 16.1 Å². The smallest absolute Gasteiger partial charge is 0.191 e. The number of hydrogen-bond donors (Lipinski definition) is 2. The SMILES string of the molecule is CCNC(=NCC1CCN(Cc2csc(C)n2)CC1)NC1CCN(C2CCCC2)C1.I. The fourth-order valence-corrected chi connectivity index (χ4v) is 5.88. The van der Waals surface area contributed by atoms with Crippen LogP contribution >= 0.6 is 35.3 Å². The molecule has 176 valence electrons. The van der Waals surface area contributed by atoms with E-state index in [2.05, 4.69) is 44.6 Å². The van der Waals surface area contributed by atoms with E-state index in [1.807, 2.05) is 0 Å². The van der Waals surface area contributed by atoms with Crippen LogP contribution in [0.3, 0.4) is 0 Å². The molecule has 0 bridgehead atoms. The third-order valence-electron chi connectivity index (χ3n) is 7.01. The number of rotatable bonds is 7. The van der Waals surface area contributed by atoms with Crippen LogP contribution in [0.5, 0.6) is 0 Å². The Kier molecular flexibility index (Phi) is 10.3. The molecule has 1 unspecified atom stereocenters. The quantitative estimate of drug-likeness (QED) is 0.302. The monoisotopic (exact) mass is 560 g/mol. The molecule has 1 aromatic heterocycles. The number of halogens is 1. The Hall–Kier alpha value is -0.450. The Morgan fingerprint density at radius 2 is 1.94 bits per heavy atom. The average molecular weight is 561 g/mol. The zero-order valence-electron chi connectivity index (χ0n) is 19.3. The van der Waals surface area contributed by atoms with Crippen LogP contribution < -0.4 is 10.6 Å². The largest absolute Gasteiger partial charge is 0.357 e. The number of thiazole rings is 1. The van der Waals surface area contributed by atoms with Gasteiger partial charge in [-0.2, -0.15) is 0 Å². The molecule has 1 atom stereocenters. The maximum Gasteiger partial charge on any atom is 0.191 e. The maximum atomic E-state index is 4.98. The second kappa shape index (κ2) is 12.7. The molecule has 4 rings (SSSR count). The van der Waals surface area contributed by atoms with Gasteiger partial charge in [-0.05, 0) is 65.0 Å². The van der Waals surface area contributed by atoms with Crippen LogP contribution in [0, 0.1) is 12.8 Å². The van der Waals surface area contributed by atoms with Crippen molar-refractivity contribution in [1.82, 2.24) is 25.4 Å². The van der Waals surface area contributed by atoms with Crippen molar-refractivity contribution < 1.29 is 0 Å². The molecule has 3 aliphatic rings. The molecule has 0 radical (unpaired) electrons. The Morgan fingerprint density at radius 3 is 2.61 bits per heavy atom. The summed E-state index contributed by atoms with van der Waals surface area (Å²) in [7, 11) is 0. The highest BCUT2D eigenvalue weighted by Gasteiger charge is 2.30. The second-order valence-electron chi connectivity index (χ2n) is 9.36. The predicted molar refractivity (Wildman–Crippen MR) is 142 cm³/mol. The van der Waals surface area contributed by atoms with E-state index in [-0.39, 0.29) is 24.0 Å². The fraction of sp³-hybridized carbons (Fsp3) is 0.826. The standard InChI is InChI=1S/C23H40N6S.HI/c1-3-24-23(27-20-10-13-29(16-20)22-6-4-5-7-22)25-14-19-8-11-28(12-9-19)15-21-17-30-18(2)26-21;/h17,19-20,22H,3-16H2,1-2H3,(H2,24,25,27);1H. The van der Waals surface area contributed by atoms with Crippen molar-refractivity contribution in [2.45, 2.75) is 77.4 Å². The molecule has 1 aromatic rings. The Labute approximate surface area is 209 Å². The number of aliphatic imine (C=N–C) groups is 1. The minimum atomic E-state index is 0. The van der Waals surface area contributed by atoms with Crippen LogP contribution in [0.1, 0.15) is 62.6 Å². The lowest BCUT2D eigenvalue weighted by atomic mass is 9.97. The van der Waals surface area contributed by atoms with E-state index in [0.717, 1.165) is 31.6 Å². The summed E-state index contributed by atoms with van der Waals surface area (Å²) in [6.45, 7) is 11.9. The van der Waals surface area contributed by atoms with E-state index >= 15 is 0 Å². The van der Waals surface area contributed by atoms with Gasteiger partial charge in [-0.1, -0.05) is 12.8 Å². The summed E-state index contributed by atoms with van der Waals surface area (Å²) in [6, 6.07) is 1.39. The highest BCUT2D eigenvalue weighted by Crippen LogP contribution is 2.26. The van der Waals surface area contributed by atoms with Crippen molar-refractivity contribution in [3.63, 3.8) is 0 Å². The maximum absolute atomic E-state index is 4.98. The van der Waals surface area contributed by atoms with Gasteiger partial charge in [-0.3, -0.25) is 14.8 Å². The van der Waals surface area contributed by atoms with Gasteiger partial charge in [0.25, 0.3) is 0 Å². The number of piperidine rings is 1. The topological polar surface area (TPSA) is 55.8 Å². The molecular weight excluding hydrogens is 519 g/mol. The van der Waals surface area contributed by atoms with E-state index in [0.29, 0.717) is 12.0 Å². The second-order valence-corrected chi connectivity index (χ2v) is 10.4.